The standard InChI is InChI=1S/C12H14ClFO3/c1-2-16-12(15)4-3-7-17-11-6-5-9(14)8-10(11)13/h5-6,8H,2-4,7H2,1H3. The Bertz CT molecular complexity index is 382. The molecule has 1 aromatic rings. The van der Waals surface area contributed by atoms with Crippen LogP contribution in [-0.2, 0) is 9.53 Å². The maximum atomic E-state index is 12.7. The number of halogens is 2. The van der Waals surface area contributed by atoms with Crippen LogP contribution in [0.5, 0.6) is 5.75 Å². The van der Waals surface area contributed by atoms with E-state index in [0.29, 0.717) is 31.8 Å². The maximum absolute atomic E-state index is 12.7. The Morgan fingerprint density at radius 1 is 1.47 bits per heavy atom. The summed E-state index contributed by atoms with van der Waals surface area (Å²) in [6.45, 7) is 2.47. The van der Waals surface area contributed by atoms with Crippen molar-refractivity contribution >= 4 is 17.6 Å². The van der Waals surface area contributed by atoms with Crippen molar-refractivity contribution in [3.63, 3.8) is 0 Å². The monoisotopic (exact) mass is 260 g/mol. The first-order valence-corrected chi connectivity index (χ1v) is 5.74. The third kappa shape index (κ3) is 5.04. The van der Waals surface area contributed by atoms with Gasteiger partial charge in [-0.1, -0.05) is 11.6 Å². The molecule has 0 unspecified atom stereocenters. The molecular formula is C12H14ClFO3. The molecule has 0 N–H and O–H groups in total. The molecule has 0 heterocycles. The van der Waals surface area contributed by atoms with Crippen LogP contribution < -0.4 is 4.74 Å². The molecule has 17 heavy (non-hydrogen) atoms. The molecule has 0 aliphatic rings. The van der Waals surface area contributed by atoms with Gasteiger partial charge in [0, 0.05) is 6.42 Å². The Labute approximate surface area is 104 Å². The summed E-state index contributed by atoms with van der Waals surface area (Å²) in [4.78, 5) is 11.0. The Morgan fingerprint density at radius 2 is 2.24 bits per heavy atom. The van der Waals surface area contributed by atoms with Gasteiger partial charge < -0.3 is 9.47 Å². The second kappa shape index (κ2) is 7.12. The first-order valence-electron chi connectivity index (χ1n) is 5.37. The topological polar surface area (TPSA) is 35.5 Å². The Hall–Kier alpha value is -1.29. The number of benzene rings is 1. The highest BCUT2D eigenvalue weighted by Crippen LogP contribution is 2.24. The lowest BCUT2D eigenvalue weighted by Crippen LogP contribution is -2.06. The van der Waals surface area contributed by atoms with Crippen LogP contribution in [0.15, 0.2) is 18.2 Å². The summed E-state index contributed by atoms with van der Waals surface area (Å²) < 4.78 is 22.8. The lowest BCUT2D eigenvalue weighted by molar-refractivity contribution is -0.143. The summed E-state index contributed by atoms with van der Waals surface area (Å²) in [6.07, 6.45) is 0.833. The van der Waals surface area contributed by atoms with Gasteiger partial charge in [0.25, 0.3) is 0 Å². The third-order valence-electron chi connectivity index (χ3n) is 1.98. The predicted octanol–water partition coefficient (Wildman–Crippen LogP) is 3.20. The van der Waals surface area contributed by atoms with Gasteiger partial charge in [-0.2, -0.15) is 0 Å². The minimum Gasteiger partial charge on any atom is -0.492 e. The van der Waals surface area contributed by atoms with Crippen molar-refractivity contribution in [3.8, 4) is 5.75 Å². The number of ether oxygens (including phenoxy) is 2. The summed E-state index contributed by atoms with van der Waals surface area (Å²) in [6, 6.07) is 3.91. The van der Waals surface area contributed by atoms with Gasteiger partial charge in [-0.15, -0.1) is 0 Å². The van der Waals surface area contributed by atoms with E-state index < -0.39 is 5.82 Å². The fourth-order valence-corrected chi connectivity index (χ4v) is 1.45. The highest BCUT2D eigenvalue weighted by Gasteiger charge is 2.04. The first kappa shape index (κ1) is 13.8. The zero-order valence-corrected chi connectivity index (χ0v) is 10.3. The van der Waals surface area contributed by atoms with Crippen molar-refractivity contribution in [1.82, 2.24) is 0 Å². The molecule has 0 aliphatic heterocycles. The van der Waals surface area contributed by atoms with Gasteiger partial charge in [-0.05, 0) is 31.5 Å². The molecule has 3 nitrogen and oxygen atoms in total. The lowest BCUT2D eigenvalue weighted by Gasteiger charge is -2.07. The van der Waals surface area contributed by atoms with E-state index >= 15 is 0 Å². The Morgan fingerprint density at radius 3 is 2.88 bits per heavy atom. The molecule has 0 atom stereocenters. The second-order valence-corrected chi connectivity index (χ2v) is 3.74. The van der Waals surface area contributed by atoms with Gasteiger partial charge >= 0.3 is 5.97 Å². The smallest absolute Gasteiger partial charge is 0.305 e. The second-order valence-electron chi connectivity index (χ2n) is 3.33. The number of hydrogen-bond donors (Lipinski definition) is 0. The molecule has 1 aromatic carbocycles. The lowest BCUT2D eigenvalue weighted by atomic mass is 10.3. The van der Waals surface area contributed by atoms with Crippen LogP contribution in [-0.4, -0.2) is 19.2 Å². The fourth-order valence-electron chi connectivity index (χ4n) is 1.22. The molecule has 0 saturated carbocycles. The van der Waals surface area contributed by atoms with E-state index in [1.165, 1.54) is 18.2 Å². The van der Waals surface area contributed by atoms with Crippen molar-refractivity contribution < 1.29 is 18.7 Å². The van der Waals surface area contributed by atoms with E-state index in [1.807, 2.05) is 0 Å². The normalized spacial score (nSPS) is 10.1. The number of carbonyl (C=O) groups excluding carboxylic acids is 1. The van der Waals surface area contributed by atoms with E-state index in [9.17, 15) is 9.18 Å². The Balaban J connectivity index is 2.29. The molecule has 94 valence electrons. The largest absolute Gasteiger partial charge is 0.492 e. The average molecular weight is 261 g/mol. The number of carbonyl (C=O) groups is 1. The number of hydrogen-bond acceptors (Lipinski definition) is 3. The third-order valence-corrected chi connectivity index (χ3v) is 2.28. The van der Waals surface area contributed by atoms with E-state index in [0.717, 1.165) is 0 Å². The Kier molecular flexibility index (Phi) is 5.77. The zero-order valence-electron chi connectivity index (χ0n) is 9.54. The van der Waals surface area contributed by atoms with Crippen LogP contribution in [0.2, 0.25) is 5.02 Å². The molecule has 5 heteroatoms. The van der Waals surface area contributed by atoms with Crippen LogP contribution in [0, 0.1) is 5.82 Å². The van der Waals surface area contributed by atoms with Crippen molar-refractivity contribution in [3.05, 3.63) is 29.0 Å². The SMILES string of the molecule is CCOC(=O)CCCOc1ccc(F)cc1Cl. The van der Waals surface area contributed by atoms with Crippen LogP contribution in [0.1, 0.15) is 19.8 Å². The van der Waals surface area contributed by atoms with E-state index in [1.54, 1.807) is 6.92 Å². The quantitative estimate of drug-likeness (QED) is 0.582. The summed E-state index contributed by atoms with van der Waals surface area (Å²) in [5.41, 5.74) is 0. The molecule has 1 rings (SSSR count). The number of esters is 1. The summed E-state index contributed by atoms with van der Waals surface area (Å²) in [5, 5.41) is 0.223. The molecule has 0 bridgehead atoms. The van der Waals surface area contributed by atoms with E-state index in [2.05, 4.69) is 0 Å². The van der Waals surface area contributed by atoms with Crippen LogP contribution >= 0.6 is 11.6 Å². The van der Waals surface area contributed by atoms with Gasteiger partial charge in [0.1, 0.15) is 11.6 Å². The average Bonchev–Trinajstić information content (AvgIpc) is 2.27. The molecule has 0 amide bonds. The summed E-state index contributed by atoms with van der Waals surface area (Å²) >= 11 is 5.76. The molecular weight excluding hydrogens is 247 g/mol. The minimum absolute atomic E-state index is 0.223. The highest BCUT2D eigenvalue weighted by atomic mass is 35.5. The van der Waals surface area contributed by atoms with Gasteiger partial charge in [-0.25, -0.2) is 4.39 Å². The van der Waals surface area contributed by atoms with Crippen LogP contribution in [0.25, 0.3) is 0 Å². The first-order chi connectivity index (χ1) is 8.13. The maximum Gasteiger partial charge on any atom is 0.305 e. The van der Waals surface area contributed by atoms with Gasteiger partial charge in [0.2, 0.25) is 0 Å². The van der Waals surface area contributed by atoms with Gasteiger partial charge in [-0.3, -0.25) is 4.79 Å². The van der Waals surface area contributed by atoms with Gasteiger partial charge in [0.15, 0.2) is 0 Å². The zero-order chi connectivity index (χ0) is 12.7. The molecule has 0 aliphatic carbocycles. The van der Waals surface area contributed by atoms with Crippen LogP contribution in [0.4, 0.5) is 4.39 Å². The van der Waals surface area contributed by atoms with Crippen molar-refractivity contribution in [2.45, 2.75) is 19.8 Å². The molecule has 0 saturated heterocycles. The molecule has 0 aromatic heterocycles. The van der Waals surface area contributed by atoms with Crippen LogP contribution in [0.3, 0.4) is 0 Å². The van der Waals surface area contributed by atoms with E-state index in [4.69, 9.17) is 21.1 Å². The molecule has 0 fully saturated rings. The minimum atomic E-state index is -0.408. The van der Waals surface area contributed by atoms with Crippen molar-refractivity contribution in [1.29, 1.82) is 0 Å². The van der Waals surface area contributed by atoms with Gasteiger partial charge in [0.05, 0.1) is 18.2 Å². The summed E-state index contributed by atoms with van der Waals surface area (Å²) in [5.74, 6) is -0.243. The predicted molar refractivity (Wildman–Crippen MR) is 62.8 cm³/mol. The van der Waals surface area contributed by atoms with Crippen molar-refractivity contribution in [2.24, 2.45) is 0 Å². The highest BCUT2D eigenvalue weighted by molar-refractivity contribution is 6.32. The number of rotatable bonds is 6. The molecule has 0 spiro atoms. The van der Waals surface area contributed by atoms with E-state index in [-0.39, 0.29) is 11.0 Å². The summed E-state index contributed by atoms with van der Waals surface area (Å²) in [7, 11) is 0. The molecule has 0 radical (unpaired) electrons. The fraction of sp³-hybridized carbons (Fsp3) is 0.417. The van der Waals surface area contributed by atoms with Crippen molar-refractivity contribution in [2.75, 3.05) is 13.2 Å².